The summed E-state index contributed by atoms with van der Waals surface area (Å²) in [5, 5.41) is -0.0592. The minimum absolute atomic E-state index is 0.0592. The quantitative estimate of drug-likeness (QED) is 0.776. The molecule has 1 aromatic rings. The molecular formula is C14H15NO3S. The van der Waals surface area contributed by atoms with Crippen molar-refractivity contribution in [3.05, 3.63) is 42.5 Å². The fourth-order valence-corrected chi connectivity index (χ4v) is 2.93. The van der Waals surface area contributed by atoms with Crippen molar-refractivity contribution in [2.75, 3.05) is 12.9 Å². The van der Waals surface area contributed by atoms with Crippen LogP contribution in [0.15, 0.2) is 36.9 Å². The summed E-state index contributed by atoms with van der Waals surface area (Å²) in [4.78, 5) is 25.1. The number of methoxy groups -OCH3 is 1. The smallest absolute Gasteiger partial charge is 0.282 e. The van der Waals surface area contributed by atoms with Crippen molar-refractivity contribution in [2.45, 2.75) is 12.6 Å². The molecule has 100 valence electrons. The number of hydrogen-bond acceptors (Lipinski definition) is 4. The normalized spacial score (nSPS) is 18.5. The number of thioether (sulfide) groups is 1. The molecule has 19 heavy (non-hydrogen) atoms. The topological polar surface area (TPSA) is 46.6 Å². The first-order valence-corrected chi connectivity index (χ1v) is 6.87. The van der Waals surface area contributed by atoms with E-state index in [0.717, 1.165) is 11.3 Å². The van der Waals surface area contributed by atoms with Crippen LogP contribution in [0.4, 0.5) is 4.79 Å². The van der Waals surface area contributed by atoms with Crippen LogP contribution in [0.3, 0.4) is 0 Å². The van der Waals surface area contributed by atoms with Gasteiger partial charge in [-0.15, -0.1) is 0 Å². The van der Waals surface area contributed by atoms with Crippen molar-refractivity contribution in [1.82, 2.24) is 4.90 Å². The Morgan fingerprint density at radius 3 is 2.79 bits per heavy atom. The summed E-state index contributed by atoms with van der Waals surface area (Å²) >= 11 is 1.18. The molecule has 0 saturated carbocycles. The summed E-state index contributed by atoms with van der Waals surface area (Å²) in [6, 6.07) is 7.08. The highest BCUT2D eigenvalue weighted by Crippen LogP contribution is 2.27. The largest absolute Gasteiger partial charge is 0.497 e. The van der Waals surface area contributed by atoms with Gasteiger partial charge in [-0.1, -0.05) is 30.5 Å². The number of carbonyl (C=O) groups is 2. The molecule has 1 aliphatic heterocycles. The van der Waals surface area contributed by atoms with E-state index in [1.165, 1.54) is 17.8 Å². The molecule has 1 aliphatic rings. The maximum absolute atomic E-state index is 11.8. The number of rotatable bonds is 5. The van der Waals surface area contributed by atoms with E-state index in [-0.39, 0.29) is 11.0 Å². The molecule has 5 heteroatoms. The van der Waals surface area contributed by atoms with Gasteiger partial charge in [0.05, 0.1) is 7.11 Å². The Morgan fingerprint density at radius 2 is 2.21 bits per heavy atom. The standard InChI is InChI=1S/C14H15NO3S/c1-3-13(16)12-9-19-14(17)15(12)8-10-4-6-11(18-2)7-5-10/h3-7,12H,1,8-9H2,2H3/t12-/m1/s1. The first-order valence-electron chi connectivity index (χ1n) is 5.88. The third kappa shape index (κ3) is 2.98. The maximum Gasteiger partial charge on any atom is 0.282 e. The molecule has 1 heterocycles. The van der Waals surface area contributed by atoms with Gasteiger partial charge in [0.2, 0.25) is 0 Å². The zero-order valence-electron chi connectivity index (χ0n) is 10.7. The molecule has 0 N–H and O–H groups in total. The van der Waals surface area contributed by atoms with E-state index < -0.39 is 6.04 Å². The maximum atomic E-state index is 11.8. The zero-order valence-corrected chi connectivity index (χ0v) is 11.5. The summed E-state index contributed by atoms with van der Waals surface area (Å²) < 4.78 is 5.08. The van der Waals surface area contributed by atoms with Crippen molar-refractivity contribution in [2.24, 2.45) is 0 Å². The van der Waals surface area contributed by atoms with Gasteiger partial charge in [-0.2, -0.15) is 0 Å². The predicted molar refractivity (Wildman–Crippen MR) is 75.4 cm³/mol. The third-order valence-electron chi connectivity index (χ3n) is 3.02. The van der Waals surface area contributed by atoms with E-state index in [0.29, 0.717) is 12.3 Å². The Hall–Kier alpha value is -1.75. The van der Waals surface area contributed by atoms with Gasteiger partial charge in [-0.05, 0) is 23.8 Å². The van der Waals surface area contributed by atoms with E-state index >= 15 is 0 Å². The number of ether oxygens (including phenoxy) is 1. The van der Waals surface area contributed by atoms with Crippen LogP contribution in [0, 0.1) is 0 Å². The molecule has 0 bridgehead atoms. The van der Waals surface area contributed by atoms with Crippen molar-refractivity contribution in [3.8, 4) is 5.75 Å². The lowest BCUT2D eigenvalue weighted by atomic mass is 10.1. The lowest BCUT2D eigenvalue weighted by Gasteiger charge is -2.21. The van der Waals surface area contributed by atoms with Gasteiger partial charge in [0, 0.05) is 12.3 Å². The average molecular weight is 277 g/mol. The van der Waals surface area contributed by atoms with Crippen LogP contribution in [0.25, 0.3) is 0 Å². The Balaban J connectivity index is 2.12. The molecule has 1 amide bonds. The number of ketones is 1. The summed E-state index contributed by atoms with van der Waals surface area (Å²) in [6.45, 7) is 3.91. The van der Waals surface area contributed by atoms with Crippen LogP contribution in [-0.2, 0) is 11.3 Å². The van der Waals surface area contributed by atoms with Crippen molar-refractivity contribution >= 4 is 22.8 Å². The van der Waals surface area contributed by atoms with Gasteiger partial charge in [-0.25, -0.2) is 0 Å². The molecule has 2 rings (SSSR count). The van der Waals surface area contributed by atoms with E-state index in [1.807, 2.05) is 24.3 Å². The SMILES string of the molecule is C=CC(=O)[C@H]1CSC(=O)N1Cc1ccc(OC)cc1. The Kier molecular flexibility index (Phi) is 4.27. The summed E-state index contributed by atoms with van der Waals surface area (Å²) in [6.07, 6.45) is 1.28. The fourth-order valence-electron chi connectivity index (χ4n) is 1.92. The fraction of sp³-hybridized carbons (Fsp3) is 0.286. The molecular weight excluding hydrogens is 262 g/mol. The Bertz CT molecular complexity index is 498. The molecule has 0 aromatic heterocycles. The average Bonchev–Trinajstić information content (AvgIpc) is 2.80. The molecule has 1 fully saturated rings. The minimum atomic E-state index is -0.392. The highest BCUT2D eigenvalue weighted by atomic mass is 32.2. The Morgan fingerprint density at radius 1 is 1.53 bits per heavy atom. The van der Waals surface area contributed by atoms with Gasteiger partial charge in [-0.3, -0.25) is 9.59 Å². The molecule has 4 nitrogen and oxygen atoms in total. The van der Waals surface area contributed by atoms with E-state index in [9.17, 15) is 9.59 Å². The van der Waals surface area contributed by atoms with Crippen LogP contribution < -0.4 is 4.74 Å². The monoisotopic (exact) mass is 277 g/mol. The second kappa shape index (κ2) is 5.93. The summed E-state index contributed by atoms with van der Waals surface area (Å²) in [5.41, 5.74) is 0.971. The first kappa shape index (κ1) is 13.7. The van der Waals surface area contributed by atoms with Gasteiger partial charge in [0.15, 0.2) is 5.78 Å². The lowest BCUT2D eigenvalue weighted by molar-refractivity contribution is -0.117. The highest BCUT2D eigenvalue weighted by Gasteiger charge is 2.35. The molecule has 0 aliphatic carbocycles. The minimum Gasteiger partial charge on any atom is -0.497 e. The molecule has 1 saturated heterocycles. The lowest BCUT2D eigenvalue weighted by Crippen LogP contribution is -2.38. The van der Waals surface area contributed by atoms with E-state index in [2.05, 4.69) is 6.58 Å². The highest BCUT2D eigenvalue weighted by molar-refractivity contribution is 8.13. The van der Waals surface area contributed by atoms with E-state index in [4.69, 9.17) is 4.74 Å². The third-order valence-corrected chi connectivity index (χ3v) is 3.98. The summed E-state index contributed by atoms with van der Waals surface area (Å²) in [7, 11) is 1.61. The first-order chi connectivity index (χ1) is 9.15. The molecule has 1 aromatic carbocycles. The number of hydrogen-bond donors (Lipinski definition) is 0. The number of carbonyl (C=O) groups excluding carboxylic acids is 2. The van der Waals surface area contributed by atoms with Crippen molar-refractivity contribution < 1.29 is 14.3 Å². The van der Waals surface area contributed by atoms with Crippen LogP contribution in [0.2, 0.25) is 0 Å². The second-order valence-corrected chi connectivity index (χ2v) is 5.15. The number of benzene rings is 1. The van der Waals surface area contributed by atoms with Crippen molar-refractivity contribution in [3.63, 3.8) is 0 Å². The van der Waals surface area contributed by atoms with Gasteiger partial charge in [0.1, 0.15) is 11.8 Å². The van der Waals surface area contributed by atoms with Crippen LogP contribution in [0.1, 0.15) is 5.56 Å². The van der Waals surface area contributed by atoms with Gasteiger partial charge < -0.3 is 9.64 Å². The predicted octanol–water partition coefficient (Wildman–Crippen LogP) is 2.49. The van der Waals surface area contributed by atoms with Crippen LogP contribution in [-0.4, -0.2) is 34.8 Å². The van der Waals surface area contributed by atoms with Crippen LogP contribution >= 0.6 is 11.8 Å². The molecule has 1 atom stereocenters. The van der Waals surface area contributed by atoms with E-state index in [1.54, 1.807) is 12.0 Å². The van der Waals surface area contributed by atoms with Gasteiger partial charge in [0.25, 0.3) is 5.24 Å². The Labute approximate surface area is 116 Å². The van der Waals surface area contributed by atoms with Gasteiger partial charge >= 0.3 is 0 Å². The summed E-state index contributed by atoms with van der Waals surface area (Å²) in [5.74, 6) is 1.16. The number of amides is 1. The second-order valence-electron chi connectivity index (χ2n) is 4.18. The van der Waals surface area contributed by atoms with Crippen molar-refractivity contribution in [1.29, 1.82) is 0 Å². The zero-order chi connectivity index (χ0) is 13.8. The molecule has 0 spiro atoms. The molecule has 0 unspecified atom stereocenters. The molecule has 0 radical (unpaired) electrons. The number of nitrogens with zero attached hydrogens (tertiary/aromatic N) is 1. The van der Waals surface area contributed by atoms with Crippen LogP contribution in [0.5, 0.6) is 5.75 Å².